The number of nitrogens with one attached hydrogen (secondary N) is 1. The van der Waals surface area contributed by atoms with Crippen molar-refractivity contribution in [3.8, 4) is 12.3 Å². The molecule has 1 aliphatic carbocycles. The molecule has 0 radical (unpaired) electrons. The second kappa shape index (κ2) is 6.12. The van der Waals surface area contributed by atoms with Crippen LogP contribution in [0, 0.1) is 18.3 Å². The van der Waals surface area contributed by atoms with E-state index in [1.807, 2.05) is 6.92 Å². The molecule has 19 heavy (non-hydrogen) atoms. The molecule has 2 rings (SSSR count). The Labute approximate surface area is 118 Å². The third kappa shape index (κ3) is 3.10. The number of nitrogens with zero attached hydrogens (tertiary/aromatic N) is 2. The number of rotatable bonds is 5. The van der Waals surface area contributed by atoms with Crippen LogP contribution >= 0.6 is 11.6 Å². The Morgan fingerprint density at radius 2 is 2.42 bits per heavy atom. The van der Waals surface area contributed by atoms with E-state index in [0.29, 0.717) is 23.2 Å². The largest absolute Gasteiger partial charge is 0.366 e. The van der Waals surface area contributed by atoms with Gasteiger partial charge in [-0.2, -0.15) is 5.10 Å². The van der Waals surface area contributed by atoms with Crippen LogP contribution in [0.1, 0.15) is 32.6 Å². The molecular weight excluding hydrogens is 262 g/mol. The van der Waals surface area contributed by atoms with Crippen LogP contribution in [0.2, 0.25) is 5.02 Å². The maximum Gasteiger partial charge on any atom is 0.291 e. The zero-order chi connectivity index (χ0) is 13.8. The van der Waals surface area contributed by atoms with Gasteiger partial charge in [0.25, 0.3) is 5.56 Å². The summed E-state index contributed by atoms with van der Waals surface area (Å²) in [6.07, 6.45) is 11.2. The molecule has 1 heterocycles. The molecule has 0 aromatic carbocycles. The Balaban J connectivity index is 2.23. The van der Waals surface area contributed by atoms with Gasteiger partial charge in [0.2, 0.25) is 0 Å². The third-order valence-corrected chi connectivity index (χ3v) is 3.87. The Kier molecular flexibility index (Phi) is 4.49. The predicted molar refractivity (Wildman–Crippen MR) is 77.4 cm³/mol. The molecular formula is C14H18ClN3O. The van der Waals surface area contributed by atoms with Crippen molar-refractivity contribution in [2.24, 2.45) is 5.92 Å². The Hall–Kier alpha value is -1.47. The van der Waals surface area contributed by atoms with Crippen molar-refractivity contribution in [2.45, 2.75) is 45.2 Å². The van der Waals surface area contributed by atoms with Gasteiger partial charge >= 0.3 is 0 Å². The van der Waals surface area contributed by atoms with E-state index in [4.69, 9.17) is 18.0 Å². The van der Waals surface area contributed by atoms with E-state index in [1.165, 1.54) is 30.1 Å². The molecule has 1 aromatic heterocycles. The highest BCUT2D eigenvalue weighted by atomic mass is 35.5. The quantitative estimate of drug-likeness (QED) is 0.843. The van der Waals surface area contributed by atoms with E-state index in [1.54, 1.807) is 0 Å². The number of hydrogen-bond donors (Lipinski definition) is 1. The lowest BCUT2D eigenvalue weighted by Crippen LogP contribution is -2.32. The maximum absolute atomic E-state index is 12.3. The molecule has 1 saturated carbocycles. The van der Waals surface area contributed by atoms with E-state index in [-0.39, 0.29) is 11.6 Å². The number of halogens is 1. The van der Waals surface area contributed by atoms with Crippen molar-refractivity contribution in [2.75, 3.05) is 5.32 Å². The molecule has 5 heteroatoms. The van der Waals surface area contributed by atoms with Gasteiger partial charge in [-0.1, -0.05) is 30.9 Å². The summed E-state index contributed by atoms with van der Waals surface area (Å²) in [6, 6.07) is -0.190. The molecule has 0 bridgehead atoms. The first-order valence-corrected chi connectivity index (χ1v) is 7.01. The SMILES string of the molecule is C#CC(CC)Nc1c(Cl)cnn(CC2CCC2)c1=O. The van der Waals surface area contributed by atoms with Gasteiger partial charge in [0.1, 0.15) is 5.69 Å². The molecule has 0 amide bonds. The highest BCUT2D eigenvalue weighted by molar-refractivity contribution is 6.33. The fraction of sp³-hybridized carbons (Fsp3) is 0.571. The van der Waals surface area contributed by atoms with Crippen molar-refractivity contribution in [1.82, 2.24) is 9.78 Å². The van der Waals surface area contributed by atoms with Gasteiger partial charge in [-0.05, 0) is 25.2 Å². The Morgan fingerprint density at radius 3 is 2.95 bits per heavy atom. The fourth-order valence-electron chi connectivity index (χ4n) is 2.09. The minimum absolute atomic E-state index is 0.187. The van der Waals surface area contributed by atoms with Gasteiger partial charge in [0, 0.05) is 6.54 Å². The lowest BCUT2D eigenvalue weighted by atomic mass is 9.85. The molecule has 0 saturated heterocycles. The summed E-state index contributed by atoms with van der Waals surface area (Å²) >= 11 is 6.04. The normalized spacial score (nSPS) is 16.5. The van der Waals surface area contributed by atoms with E-state index in [2.05, 4.69) is 16.3 Å². The first kappa shape index (κ1) is 14.0. The molecule has 1 N–H and O–H groups in total. The van der Waals surface area contributed by atoms with E-state index in [9.17, 15) is 4.79 Å². The van der Waals surface area contributed by atoms with Crippen molar-refractivity contribution >= 4 is 17.3 Å². The van der Waals surface area contributed by atoms with E-state index < -0.39 is 0 Å². The average Bonchev–Trinajstić information content (AvgIpc) is 2.36. The number of terminal acetylenes is 1. The zero-order valence-electron chi connectivity index (χ0n) is 11.0. The minimum atomic E-state index is -0.190. The summed E-state index contributed by atoms with van der Waals surface area (Å²) in [4.78, 5) is 12.3. The van der Waals surface area contributed by atoms with Crippen LogP contribution in [-0.4, -0.2) is 15.8 Å². The summed E-state index contributed by atoms with van der Waals surface area (Å²) in [5.41, 5.74) is 0.175. The predicted octanol–water partition coefficient (Wildman–Crippen LogP) is 2.52. The molecule has 1 unspecified atom stereocenters. The molecule has 1 atom stereocenters. The van der Waals surface area contributed by atoms with Crippen LogP contribution in [0.25, 0.3) is 0 Å². The maximum atomic E-state index is 12.3. The lowest BCUT2D eigenvalue weighted by molar-refractivity contribution is 0.262. The van der Waals surface area contributed by atoms with Crippen molar-refractivity contribution in [1.29, 1.82) is 0 Å². The van der Waals surface area contributed by atoms with Crippen LogP contribution < -0.4 is 10.9 Å². The third-order valence-electron chi connectivity index (χ3n) is 3.58. The summed E-state index contributed by atoms with van der Waals surface area (Å²) in [6.45, 7) is 2.62. The molecule has 102 valence electrons. The lowest BCUT2D eigenvalue weighted by Gasteiger charge is -2.25. The number of aromatic nitrogens is 2. The first-order valence-electron chi connectivity index (χ1n) is 6.64. The van der Waals surface area contributed by atoms with Crippen LogP contribution in [0.15, 0.2) is 11.0 Å². The molecule has 1 aliphatic rings. The van der Waals surface area contributed by atoms with Gasteiger partial charge in [-0.15, -0.1) is 6.42 Å². The number of hydrogen-bond acceptors (Lipinski definition) is 3. The standard InChI is InChI=1S/C14H18ClN3O/c1-3-11(4-2)17-13-12(15)8-16-18(14(13)19)9-10-6-5-7-10/h1,8,10-11,17H,4-7,9H2,2H3. The summed E-state index contributed by atoms with van der Waals surface area (Å²) in [5, 5.41) is 7.45. The fourth-order valence-corrected chi connectivity index (χ4v) is 2.26. The van der Waals surface area contributed by atoms with Crippen LogP contribution in [0.3, 0.4) is 0 Å². The molecule has 1 aromatic rings. The van der Waals surface area contributed by atoms with Crippen molar-refractivity contribution in [3.05, 3.63) is 21.6 Å². The number of anilines is 1. The highest BCUT2D eigenvalue weighted by Gasteiger charge is 2.20. The summed E-state index contributed by atoms with van der Waals surface area (Å²) in [7, 11) is 0. The Bertz CT molecular complexity index is 543. The second-order valence-corrected chi connectivity index (χ2v) is 5.33. The summed E-state index contributed by atoms with van der Waals surface area (Å²) < 4.78 is 1.49. The first-order chi connectivity index (χ1) is 9.15. The van der Waals surface area contributed by atoms with E-state index >= 15 is 0 Å². The molecule has 4 nitrogen and oxygen atoms in total. The van der Waals surface area contributed by atoms with Gasteiger partial charge in [0.15, 0.2) is 0 Å². The van der Waals surface area contributed by atoms with Gasteiger partial charge < -0.3 is 5.32 Å². The zero-order valence-corrected chi connectivity index (χ0v) is 11.8. The average molecular weight is 280 g/mol. The van der Waals surface area contributed by atoms with Gasteiger partial charge in [-0.25, -0.2) is 4.68 Å². The Morgan fingerprint density at radius 1 is 1.68 bits per heavy atom. The second-order valence-electron chi connectivity index (χ2n) is 4.92. The van der Waals surface area contributed by atoms with Gasteiger partial charge in [0.05, 0.1) is 17.3 Å². The van der Waals surface area contributed by atoms with Crippen LogP contribution in [-0.2, 0) is 6.54 Å². The van der Waals surface area contributed by atoms with Crippen LogP contribution in [0.5, 0.6) is 0 Å². The van der Waals surface area contributed by atoms with Crippen molar-refractivity contribution in [3.63, 3.8) is 0 Å². The molecule has 1 fully saturated rings. The van der Waals surface area contributed by atoms with Crippen molar-refractivity contribution < 1.29 is 0 Å². The minimum Gasteiger partial charge on any atom is -0.366 e. The summed E-state index contributed by atoms with van der Waals surface area (Å²) in [5.74, 6) is 3.16. The topological polar surface area (TPSA) is 46.9 Å². The smallest absolute Gasteiger partial charge is 0.291 e. The highest BCUT2D eigenvalue weighted by Crippen LogP contribution is 2.27. The van der Waals surface area contributed by atoms with E-state index in [0.717, 1.165) is 6.42 Å². The molecule has 0 aliphatic heterocycles. The van der Waals surface area contributed by atoms with Gasteiger partial charge in [-0.3, -0.25) is 4.79 Å². The van der Waals surface area contributed by atoms with Crippen LogP contribution in [0.4, 0.5) is 5.69 Å². The monoisotopic (exact) mass is 279 g/mol. The molecule has 0 spiro atoms.